The summed E-state index contributed by atoms with van der Waals surface area (Å²) in [4.78, 5) is 22.7. The minimum Gasteiger partial charge on any atom is -0.507 e. The largest absolute Gasteiger partial charge is 0.507 e. The zero-order chi connectivity index (χ0) is 15.4. The van der Waals surface area contributed by atoms with E-state index in [-0.39, 0.29) is 23.1 Å². The van der Waals surface area contributed by atoms with Gasteiger partial charge in [0.25, 0.3) is 0 Å². The molecule has 0 radical (unpaired) electrons. The van der Waals surface area contributed by atoms with Crippen LogP contribution in [0.3, 0.4) is 0 Å². The number of carboxylic acids is 1. The zero-order valence-electron chi connectivity index (χ0n) is 11.8. The van der Waals surface area contributed by atoms with E-state index in [2.05, 4.69) is 12.2 Å². The van der Waals surface area contributed by atoms with Gasteiger partial charge >= 0.3 is 12.1 Å². The maximum absolute atomic E-state index is 11.8. The monoisotopic (exact) mass is 293 g/mol. The quantitative estimate of drug-likeness (QED) is 0.744. The number of aromatic carboxylic acids is 1. The fraction of sp³-hybridized carbons (Fsp3) is 0.467. The van der Waals surface area contributed by atoms with Crippen molar-refractivity contribution in [3.63, 3.8) is 0 Å². The van der Waals surface area contributed by atoms with Crippen LogP contribution < -0.4 is 5.32 Å². The van der Waals surface area contributed by atoms with Gasteiger partial charge in [-0.05, 0) is 49.8 Å². The van der Waals surface area contributed by atoms with Crippen LogP contribution in [-0.2, 0) is 4.74 Å². The molecule has 6 heteroatoms. The van der Waals surface area contributed by atoms with Crippen molar-refractivity contribution < 1.29 is 24.5 Å². The second-order valence-corrected chi connectivity index (χ2v) is 5.45. The number of aromatic hydroxyl groups is 1. The fourth-order valence-electron chi connectivity index (χ4n) is 2.43. The Labute approximate surface area is 122 Å². The lowest BCUT2D eigenvalue weighted by molar-refractivity contribution is 0.0692. The number of phenols is 1. The number of carbonyl (C=O) groups is 2. The summed E-state index contributed by atoms with van der Waals surface area (Å²) in [5, 5.41) is 20.8. The Kier molecular flexibility index (Phi) is 4.67. The van der Waals surface area contributed by atoms with Crippen LogP contribution in [0.15, 0.2) is 18.2 Å². The number of anilines is 1. The van der Waals surface area contributed by atoms with Gasteiger partial charge in [-0.15, -0.1) is 0 Å². The van der Waals surface area contributed by atoms with Crippen LogP contribution in [0.5, 0.6) is 5.75 Å². The van der Waals surface area contributed by atoms with Gasteiger partial charge in [0.2, 0.25) is 0 Å². The minimum absolute atomic E-state index is 0.0859. The average molecular weight is 293 g/mol. The summed E-state index contributed by atoms with van der Waals surface area (Å²) in [5.74, 6) is -0.934. The number of rotatable bonds is 3. The van der Waals surface area contributed by atoms with Crippen LogP contribution in [0.2, 0.25) is 0 Å². The number of amides is 1. The van der Waals surface area contributed by atoms with Crippen molar-refractivity contribution in [3.05, 3.63) is 23.8 Å². The summed E-state index contributed by atoms with van der Waals surface area (Å²) < 4.78 is 5.31. The molecule has 1 saturated carbocycles. The third-order valence-electron chi connectivity index (χ3n) is 3.71. The standard InChI is InChI=1S/C15H19NO5/c1-9-2-5-11(6-3-9)21-15(20)16-10-4-7-13(17)12(8-10)14(18)19/h4,7-9,11,17H,2-3,5-6H2,1H3,(H,16,20)(H,18,19). The molecule has 0 heterocycles. The highest BCUT2D eigenvalue weighted by molar-refractivity contribution is 5.93. The van der Waals surface area contributed by atoms with Gasteiger partial charge in [-0.1, -0.05) is 6.92 Å². The molecular weight excluding hydrogens is 274 g/mol. The number of hydrogen-bond acceptors (Lipinski definition) is 4. The van der Waals surface area contributed by atoms with Gasteiger partial charge in [0.1, 0.15) is 17.4 Å². The van der Waals surface area contributed by atoms with Gasteiger partial charge in [-0.2, -0.15) is 0 Å². The van der Waals surface area contributed by atoms with Crippen molar-refractivity contribution in [2.75, 3.05) is 5.32 Å². The summed E-state index contributed by atoms with van der Waals surface area (Å²) in [6.07, 6.45) is 3.10. The topological polar surface area (TPSA) is 95.9 Å². The Morgan fingerprint density at radius 1 is 1.24 bits per heavy atom. The van der Waals surface area contributed by atoms with E-state index >= 15 is 0 Å². The van der Waals surface area contributed by atoms with E-state index < -0.39 is 12.1 Å². The van der Waals surface area contributed by atoms with Crippen LogP contribution in [-0.4, -0.2) is 28.4 Å². The highest BCUT2D eigenvalue weighted by Gasteiger charge is 2.21. The molecule has 114 valence electrons. The van der Waals surface area contributed by atoms with E-state index in [4.69, 9.17) is 9.84 Å². The van der Waals surface area contributed by atoms with Crippen molar-refractivity contribution >= 4 is 17.7 Å². The Hall–Kier alpha value is -2.24. The van der Waals surface area contributed by atoms with Gasteiger partial charge in [0.15, 0.2) is 0 Å². The first-order valence-electron chi connectivity index (χ1n) is 6.99. The summed E-state index contributed by atoms with van der Waals surface area (Å²) in [6, 6.07) is 3.84. The molecule has 1 fully saturated rings. The zero-order valence-corrected chi connectivity index (χ0v) is 11.8. The number of benzene rings is 1. The van der Waals surface area contributed by atoms with Crippen LogP contribution in [0.1, 0.15) is 43.0 Å². The van der Waals surface area contributed by atoms with Crippen molar-refractivity contribution in [2.24, 2.45) is 5.92 Å². The van der Waals surface area contributed by atoms with Crippen LogP contribution in [0.25, 0.3) is 0 Å². The average Bonchev–Trinajstić information content (AvgIpc) is 2.43. The third-order valence-corrected chi connectivity index (χ3v) is 3.71. The number of hydrogen-bond donors (Lipinski definition) is 3. The molecule has 1 aliphatic rings. The Morgan fingerprint density at radius 3 is 2.52 bits per heavy atom. The summed E-state index contributed by atoms with van der Waals surface area (Å²) in [7, 11) is 0. The molecule has 6 nitrogen and oxygen atoms in total. The Bertz CT molecular complexity index is 535. The summed E-state index contributed by atoms with van der Waals surface area (Å²) in [5.41, 5.74) is 0.0127. The molecule has 1 amide bonds. The molecule has 2 rings (SSSR count). The molecule has 1 aliphatic carbocycles. The minimum atomic E-state index is -1.26. The third kappa shape index (κ3) is 4.11. The molecule has 3 N–H and O–H groups in total. The summed E-state index contributed by atoms with van der Waals surface area (Å²) in [6.45, 7) is 2.18. The predicted molar refractivity (Wildman–Crippen MR) is 76.6 cm³/mol. The highest BCUT2D eigenvalue weighted by Crippen LogP contribution is 2.26. The van der Waals surface area contributed by atoms with E-state index in [1.54, 1.807) is 0 Å². The predicted octanol–water partition coefficient (Wildman–Crippen LogP) is 3.22. The van der Waals surface area contributed by atoms with E-state index in [9.17, 15) is 14.7 Å². The highest BCUT2D eigenvalue weighted by atomic mass is 16.6. The first-order chi connectivity index (χ1) is 9.95. The SMILES string of the molecule is CC1CCC(OC(=O)Nc2ccc(O)c(C(=O)O)c2)CC1. The van der Waals surface area contributed by atoms with Crippen LogP contribution >= 0.6 is 0 Å². The molecule has 0 aliphatic heterocycles. The molecule has 0 bridgehead atoms. The number of carbonyl (C=O) groups excluding carboxylic acids is 1. The number of nitrogens with one attached hydrogen (secondary N) is 1. The van der Waals surface area contributed by atoms with Crippen LogP contribution in [0, 0.1) is 5.92 Å². The van der Waals surface area contributed by atoms with Gasteiger partial charge in [0.05, 0.1) is 0 Å². The van der Waals surface area contributed by atoms with E-state index in [1.807, 2.05) is 0 Å². The second kappa shape index (κ2) is 6.47. The summed E-state index contributed by atoms with van der Waals surface area (Å²) >= 11 is 0. The van der Waals surface area contributed by atoms with Crippen LogP contribution in [0.4, 0.5) is 10.5 Å². The van der Waals surface area contributed by atoms with Gasteiger partial charge < -0.3 is 14.9 Å². The lowest BCUT2D eigenvalue weighted by Crippen LogP contribution is -2.26. The van der Waals surface area contributed by atoms with E-state index in [0.29, 0.717) is 5.92 Å². The van der Waals surface area contributed by atoms with E-state index in [0.717, 1.165) is 25.7 Å². The first-order valence-corrected chi connectivity index (χ1v) is 6.99. The smallest absolute Gasteiger partial charge is 0.411 e. The second-order valence-electron chi connectivity index (χ2n) is 5.45. The lowest BCUT2D eigenvalue weighted by Gasteiger charge is -2.25. The molecule has 0 atom stereocenters. The molecule has 1 aromatic carbocycles. The molecular formula is C15H19NO5. The molecule has 0 spiro atoms. The lowest BCUT2D eigenvalue weighted by atomic mass is 9.89. The molecule has 0 unspecified atom stereocenters. The van der Waals surface area contributed by atoms with Crippen molar-refractivity contribution in [3.8, 4) is 5.75 Å². The van der Waals surface area contributed by atoms with Gasteiger partial charge in [0, 0.05) is 5.69 Å². The fourth-order valence-corrected chi connectivity index (χ4v) is 2.43. The van der Waals surface area contributed by atoms with Crippen molar-refractivity contribution in [1.29, 1.82) is 0 Å². The van der Waals surface area contributed by atoms with Gasteiger partial charge in [-0.25, -0.2) is 9.59 Å². The normalized spacial score (nSPS) is 21.6. The maximum atomic E-state index is 11.8. The molecule has 21 heavy (non-hydrogen) atoms. The Balaban J connectivity index is 1.93. The Morgan fingerprint density at radius 2 is 1.90 bits per heavy atom. The van der Waals surface area contributed by atoms with E-state index in [1.165, 1.54) is 18.2 Å². The van der Waals surface area contributed by atoms with Crippen molar-refractivity contribution in [1.82, 2.24) is 0 Å². The van der Waals surface area contributed by atoms with Gasteiger partial charge in [-0.3, -0.25) is 5.32 Å². The van der Waals surface area contributed by atoms with Crippen molar-refractivity contribution in [2.45, 2.75) is 38.7 Å². The molecule has 0 saturated heterocycles. The maximum Gasteiger partial charge on any atom is 0.411 e. The molecule has 1 aromatic rings. The first kappa shape index (κ1) is 15.2. The number of carboxylic acid groups (broad SMARTS) is 1. The molecule has 0 aromatic heterocycles. The number of ether oxygens (including phenoxy) is 1.